The largest absolute Gasteiger partial charge is 0.478 e. The van der Waals surface area contributed by atoms with E-state index in [1.807, 2.05) is 0 Å². The fraction of sp³-hybridized carbons (Fsp3) is 0.143. The van der Waals surface area contributed by atoms with E-state index in [0.717, 1.165) is 10.0 Å². The number of carboxylic acid groups (broad SMARTS) is 1. The minimum absolute atomic E-state index is 0.0756. The number of aromatic carboxylic acids is 1. The van der Waals surface area contributed by atoms with Crippen LogP contribution in [0, 0.1) is 6.92 Å². The zero-order valence-electron chi connectivity index (χ0n) is 11.0. The van der Waals surface area contributed by atoms with Gasteiger partial charge in [0, 0.05) is 17.7 Å². The smallest absolute Gasteiger partial charge is 0.337 e. The third-order valence-corrected chi connectivity index (χ3v) is 3.29. The first kappa shape index (κ1) is 14.3. The van der Waals surface area contributed by atoms with Crippen molar-refractivity contribution in [2.24, 2.45) is 7.05 Å². The Hall–Kier alpha value is -2.08. The van der Waals surface area contributed by atoms with E-state index >= 15 is 0 Å². The highest BCUT2D eigenvalue weighted by molar-refractivity contribution is 9.10. The molecule has 5 nitrogen and oxygen atoms in total. The molecule has 1 aromatic carbocycles. The van der Waals surface area contributed by atoms with E-state index in [4.69, 9.17) is 5.11 Å². The molecule has 1 aromatic heterocycles. The van der Waals surface area contributed by atoms with Crippen molar-refractivity contribution in [2.75, 3.05) is 5.32 Å². The highest BCUT2D eigenvalue weighted by atomic mass is 79.9. The van der Waals surface area contributed by atoms with Crippen molar-refractivity contribution in [2.45, 2.75) is 6.92 Å². The minimum atomic E-state index is -1.07. The average Bonchev–Trinajstić information content (AvgIpc) is 2.70. The monoisotopic (exact) mass is 336 g/mol. The standard InChI is InChI=1S/C14H13BrN2O3/c1-8-3-4-11(10(5-8)14(19)20)16-13(18)12-6-9(15)7-17(12)2/h3-7H,1-2H3,(H,16,18)(H,19,20). The van der Waals surface area contributed by atoms with Crippen molar-refractivity contribution in [1.82, 2.24) is 4.57 Å². The summed E-state index contributed by atoms with van der Waals surface area (Å²) >= 11 is 3.29. The lowest BCUT2D eigenvalue weighted by Crippen LogP contribution is -2.17. The second kappa shape index (κ2) is 5.50. The van der Waals surface area contributed by atoms with Crippen molar-refractivity contribution in [3.63, 3.8) is 0 Å². The molecule has 104 valence electrons. The third kappa shape index (κ3) is 2.91. The molecule has 0 saturated carbocycles. The first-order valence-corrected chi connectivity index (χ1v) is 6.65. The number of hydrogen-bond donors (Lipinski definition) is 2. The Bertz CT molecular complexity index is 692. The summed E-state index contributed by atoms with van der Waals surface area (Å²) in [5.74, 6) is -1.43. The van der Waals surface area contributed by atoms with Gasteiger partial charge in [0.25, 0.3) is 5.91 Å². The van der Waals surface area contributed by atoms with Crippen LogP contribution >= 0.6 is 15.9 Å². The number of nitrogens with zero attached hydrogens (tertiary/aromatic N) is 1. The van der Waals surface area contributed by atoms with Gasteiger partial charge in [0.05, 0.1) is 11.3 Å². The molecule has 0 fully saturated rings. The number of carbonyl (C=O) groups is 2. The zero-order chi connectivity index (χ0) is 14.9. The molecule has 1 heterocycles. The van der Waals surface area contributed by atoms with Gasteiger partial charge in [-0.1, -0.05) is 11.6 Å². The fourth-order valence-electron chi connectivity index (χ4n) is 1.88. The Morgan fingerprint density at radius 2 is 2.00 bits per heavy atom. The number of amides is 1. The molecule has 0 aliphatic carbocycles. The lowest BCUT2D eigenvalue weighted by molar-refractivity contribution is 0.0698. The fourth-order valence-corrected chi connectivity index (χ4v) is 2.40. The molecule has 0 radical (unpaired) electrons. The van der Waals surface area contributed by atoms with Gasteiger partial charge in [0.1, 0.15) is 5.69 Å². The Kier molecular flexibility index (Phi) is 3.94. The first-order valence-electron chi connectivity index (χ1n) is 5.85. The number of aryl methyl sites for hydroxylation is 2. The van der Waals surface area contributed by atoms with Gasteiger partial charge >= 0.3 is 5.97 Å². The highest BCUT2D eigenvalue weighted by Gasteiger charge is 2.16. The van der Waals surface area contributed by atoms with Crippen molar-refractivity contribution in [3.05, 3.63) is 51.8 Å². The van der Waals surface area contributed by atoms with E-state index in [-0.39, 0.29) is 17.2 Å². The Morgan fingerprint density at radius 1 is 1.30 bits per heavy atom. The van der Waals surface area contributed by atoms with Crippen molar-refractivity contribution >= 4 is 33.5 Å². The lowest BCUT2D eigenvalue weighted by atomic mass is 10.1. The van der Waals surface area contributed by atoms with Gasteiger partial charge in [-0.15, -0.1) is 0 Å². The number of carbonyl (C=O) groups excluding carboxylic acids is 1. The third-order valence-electron chi connectivity index (χ3n) is 2.86. The van der Waals surface area contributed by atoms with Crippen LogP contribution in [0.5, 0.6) is 0 Å². The van der Waals surface area contributed by atoms with Gasteiger partial charge in [-0.25, -0.2) is 4.79 Å². The maximum absolute atomic E-state index is 12.2. The predicted octanol–water partition coefficient (Wildman–Crippen LogP) is 3.05. The number of halogens is 1. The van der Waals surface area contributed by atoms with Crippen LogP contribution in [-0.4, -0.2) is 21.6 Å². The van der Waals surface area contributed by atoms with Crippen LogP contribution in [0.3, 0.4) is 0 Å². The van der Waals surface area contributed by atoms with Gasteiger partial charge in [-0.3, -0.25) is 4.79 Å². The van der Waals surface area contributed by atoms with Crippen molar-refractivity contribution in [1.29, 1.82) is 0 Å². The minimum Gasteiger partial charge on any atom is -0.478 e. The molecule has 0 spiro atoms. The molecule has 0 atom stereocenters. The van der Waals surface area contributed by atoms with E-state index in [1.54, 1.807) is 42.9 Å². The van der Waals surface area contributed by atoms with E-state index in [1.165, 1.54) is 6.07 Å². The van der Waals surface area contributed by atoms with Gasteiger partial charge < -0.3 is 15.0 Å². The molecule has 0 saturated heterocycles. The zero-order valence-corrected chi connectivity index (χ0v) is 12.6. The second-order valence-electron chi connectivity index (χ2n) is 4.46. The summed E-state index contributed by atoms with van der Waals surface area (Å²) in [5, 5.41) is 11.8. The molecule has 1 amide bonds. The Morgan fingerprint density at radius 3 is 2.55 bits per heavy atom. The SMILES string of the molecule is Cc1ccc(NC(=O)c2cc(Br)cn2C)c(C(=O)O)c1. The van der Waals surface area contributed by atoms with Crippen LogP contribution in [0.15, 0.2) is 34.9 Å². The molecular weight excluding hydrogens is 324 g/mol. The van der Waals surface area contributed by atoms with Crippen molar-refractivity contribution in [3.8, 4) is 0 Å². The molecule has 0 aliphatic heterocycles. The van der Waals surface area contributed by atoms with Crippen LogP contribution in [-0.2, 0) is 7.05 Å². The number of carboxylic acids is 1. The van der Waals surface area contributed by atoms with Crippen LogP contribution in [0.1, 0.15) is 26.4 Å². The number of hydrogen-bond acceptors (Lipinski definition) is 2. The van der Waals surface area contributed by atoms with E-state index in [9.17, 15) is 9.59 Å². The van der Waals surface area contributed by atoms with Crippen LogP contribution in [0.2, 0.25) is 0 Å². The summed E-state index contributed by atoms with van der Waals surface area (Å²) in [6.45, 7) is 1.80. The van der Waals surface area contributed by atoms with E-state index in [2.05, 4.69) is 21.2 Å². The summed E-state index contributed by atoms with van der Waals surface area (Å²) in [7, 11) is 1.74. The van der Waals surface area contributed by atoms with E-state index < -0.39 is 5.97 Å². The maximum Gasteiger partial charge on any atom is 0.337 e. The van der Waals surface area contributed by atoms with E-state index in [0.29, 0.717) is 5.69 Å². The first-order chi connectivity index (χ1) is 9.38. The van der Waals surface area contributed by atoms with Crippen molar-refractivity contribution < 1.29 is 14.7 Å². The molecule has 6 heteroatoms. The molecular formula is C14H13BrN2O3. The summed E-state index contributed by atoms with van der Waals surface area (Å²) < 4.78 is 2.45. The highest BCUT2D eigenvalue weighted by Crippen LogP contribution is 2.20. The summed E-state index contributed by atoms with van der Waals surface area (Å²) in [6.07, 6.45) is 1.75. The van der Waals surface area contributed by atoms with Crippen LogP contribution < -0.4 is 5.32 Å². The number of anilines is 1. The molecule has 0 unspecified atom stereocenters. The van der Waals surface area contributed by atoms with Gasteiger partial charge in [0.15, 0.2) is 0 Å². The van der Waals surface area contributed by atoms with Gasteiger partial charge in [-0.05, 0) is 41.1 Å². The quantitative estimate of drug-likeness (QED) is 0.904. The number of nitrogens with one attached hydrogen (secondary N) is 1. The Balaban J connectivity index is 2.33. The van der Waals surface area contributed by atoms with Crippen LogP contribution in [0.4, 0.5) is 5.69 Å². The van der Waals surface area contributed by atoms with Gasteiger partial charge in [-0.2, -0.15) is 0 Å². The molecule has 0 bridgehead atoms. The number of aromatic nitrogens is 1. The summed E-state index contributed by atoms with van der Waals surface area (Å²) in [5.41, 5.74) is 1.62. The molecule has 2 rings (SSSR count). The summed E-state index contributed by atoms with van der Waals surface area (Å²) in [6, 6.07) is 6.54. The number of rotatable bonds is 3. The average molecular weight is 337 g/mol. The van der Waals surface area contributed by atoms with Gasteiger partial charge in [0.2, 0.25) is 0 Å². The predicted molar refractivity (Wildman–Crippen MR) is 79.2 cm³/mol. The molecule has 0 aliphatic rings. The molecule has 2 N–H and O–H groups in total. The van der Waals surface area contributed by atoms with Crippen LogP contribution in [0.25, 0.3) is 0 Å². The molecule has 2 aromatic rings. The normalized spacial score (nSPS) is 10.3. The summed E-state index contributed by atoms with van der Waals surface area (Å²) in [4.78, 5) is 23.4. The maximum atomic E-state index is 12.2. The molecule has 20 heavy (non-hydrogen) atoms. The number of benzene rings is 1. The lowest BCUT2D eigenvalue weighted by Gasteiger charge is -2.09. The topological polar surface area (TPSA) is 71.3 Å². The second-order valence-corrected chi connectivity index (χ2v) is 5.38. The Labute approximate surface area is 124 Å².